The van der Waals surface area contributed by atoms with Gasteiger partial charge in [-0.2, -0.15) is 11.8 Å². The second-order valence-corrected chi connectivity index (χ2v) is 5.79. The van der Waals surface area contributed by atoms with Crippen LogP contribution in [0.5, 0.6) is 0 Å². The van der Waals surface area contributed by atoms with Gasteiger partial charge >= 0.3 is 0 Å². The van der Waals surface area contributed by atoms with Gasteiger partial charge in [0.2, 0.25) is 0 Å². The standard InChI is InChI=1S/C12H16ClNO2S/c1-9(2)5-6-17-8-10-3-4-11(13)12(7-10)14(15)16/h3-4,7,9H,5-6,8H2,1-2H3. The van der Waals surface area contributed by atoms with E-state index < -0.39 is 4.92 Å². The van der Waals surface area contributed by atoms with Crippen molar-refractivity contribution in [3.05, 3.63) is 38.9 Å². The first-order valence-electron chi connectivity index (χ1n) is 5.51. The Labute approximate surface area is 111 Å². The van der Waals surface area contributed by atoms with E-state index in [9.17, 15) is 10.1 Å². The van der Waals surface area contributed by atoms with Crippen LogP contribution in [-0.4, -0.2) is 10.7 Å². The molecule has 3 nitrogen and oxygen atoms in total. The van der Waals surface area contributed by atoms with Crippen molar-refractivity contribution >= 4 is 29.1 Å². The summed E-state index contributed by atoms with van der Waals surface area (Å²) < 4.78 is 0. The van der Waals surface area contributed by atoms with Crippen LogP contribution in [0.25, 0.3) is 0 Å². The summed E-state index contributed by atoms with van der Waals surface area (Å²) in [7, 11) is 0. The van der Waals surface area contributed by atoms with Crippen molar-refractivity contribution in [3.8, 4) is 0 Å². The monoisotopic (exact) mass is 273 g/mol. The number of hydrogen-bond acceptors (Lipinski definition) is 3. The van der Waals surface area contributed by atoms with Crippen LogP contribution in [0.3, 0.4) is 0 Å². The van der Waals surface area contributed by atoms with Gasteiger partial charge in [-0.25, -0.2) is 0 Å². The lowest BCUT2D eigenvalue weighted by Gasteiger charge is -2.05. The number of halogens is 1. The van der Waals surface area contributed by atoms with Crippen LogP contribution in [0.2, 0.25) is 5.02 Å². The first kappa shape index (κ1) is 14.3. The van der Waals surface area contributed by atoms with Gasteiger partial charge in [-0.3, -0.25) is 10.1 Å². The van der Waals surface area contributed by atoms with Crippen LogP contribution in [0, 0.1) is 16.0 Å². The maximum atomic E-state index is 10.7. The zero-order valence-corrected chi connectivity index (χ0v) is 11.6. The van der Waals surface area contributed by atoms with Gasteiger partial charge in [0.05, 0.1) is 4.92 Å². The van der Waals surface area contributed by atoms with Gasteiger partial charge in [0.15, 0.2) is 0 Å². The summed E-state index contributed by atoms with van der Waals surface area (Å²) in [4.78, 5) is 10.3. The molecule has 0 bridgehead atoms. The van der Waals surface area contributed by atoms with Crippen molar-refractivity contribution in [2.45, 2.75) is 26.0 Å². The SMILES string of the molecule is CC(C)CCSCc1ccc(Cl)c([N+](=O)[O-])c1. The third kappa shape index (κ3) is 4.96. The molecule has 5 heteroatoms. The van der Waals surface area contributed by atoms with Crippen molar-refractivity contribution in [2.75, 3.05) is 5.75 Å². The maximum absolute atomic E-state index is 10.7. The first-order chi connectivity index (χ1) is 8.00. The number of rotatable bonds is 6. The van der Waals surface area contributed by atoms with Crippen molar-refractivity contribution in [1.82, 2.24) is 0 Å². The van der Waals surface area contributed by atoms with Crippen LogP contribution < -0.4 is 0 Å². The van der Waals surface area contributed by atoms with Gasteiger partial charge in [0, 0.05) is 11.8 Å². The second-order valence-electron chi connectivity index (χ2n) is 4.28. The molecule has 0 radical (unpaired) electrons. The lowest BCUT2D eigenvalue weighted by Crippen LogP contribution is -1.93. The largest absolute Gasteiger partial charge is 0.288 e. The van der Waals surface area contributed by atoms with Crippen molar-refractivity contribution in [1.29, 1.82) is 0 Å². The summed E-state index contributed by atoms with van der Waals surface area (Å²) >= 11 is 7.54. The molecule has 0 aromatic heterocycles. The van der Waals surface area contributed by atoms with Crippen LogP contribution in [0.15, 0.2) is 18.2 Å². The van der Waals surface area contributed by atoms with E-state index >= 15 is 0 Å². The number of thioether (sulfide) groups is 1. The summed E-state index contributed by atoms with van der Waals surface area (Å²) in [5, 5.41) is 10.9. The minimum absolute atomic E-state index is 0.00590. The molecule has 1 aromatic rings. The molecule has 0 unspecified atom stereocenters. The molecule has 1 rings (SSSR count). The highest BCUT2D eigenvalue weighted by atomic mass is 35.5. The molecular formula is C12H16ClNO2S. The van der Waals surface area contributed by atoms with Crippen LogP contribution in [-0.2, 0) is 5.75 Å². The van der Waals surface area contributed by atoms with E-state index in [1.165, 1.54) is 6.42 Å². The summed E-state index contributed by atoms with van der Waals surface area (Å²) in [6.45, 7) is 4.38. The fourth-order valence-corrected chi connectivity index (χ4v) is 2.68. The number of hydrogen-bond donors (Lipinski definition) is 0. The van der Waals surface area contributed by atoms with Crippen molar-refractivity contribution in [3.63, 3.8) is 0 Å². The minimum atomic E-state index is -0.440. The van der Waals surface area contributed by atoms with Gasteiger partial charge in [-0.1, -0.05) is 31.5 Å². The Morgan fingerprint density at radius 3 is 2.76 bits per heavy atom. The normalized spacial score (nSPS) is 10.8. The molecule has 0 aliphatic carbocycles. The Hall–Kier alpha value is -0.740. The lowest BCUT2D eigenvalue weighted by atomic mass is 10.2. The molecular weight excluding hydrogens is 258 g/mol. The summed E-state index contributed by atoms with van der Waals surface area (Å²) in [6.07, 6.45) is 1.17. The smallest absolute Gasteiger partial charge is 0.258 e. The Bertz CT molecular complexity index is 396. The fourth-order valence-electron chi connectivity index (χ4n) is 1.30. The van der Waals surface area contributed by atoms with Gasteiger partial charge in [0.25, 0.3) is 5.69 Å². The quantitative estimate of drug-likeness (QED) is 0.434. The second kappa shape index (κ2) is 6.87. The molecule has 0 saturated carbocycles. The molecule has 0 saturated heterocycles. The summed E-state index contributed by atoms with van der Waals surface area (Å²) in [5.74, 6) is 2.57. The molecule has 0 amide bonds. The first-order valence-corrected chi connectivity index (χ1v) is 7.04. The lowest BCUT2D eigenvalue weighted by molar-refractivity contribution is -0.384. The highest BCUT2D eigenvalue weighted by molar-refractivity contribution is 7.98. The van der Waals surface area contributed by atoms with Gasteiger partial charge < -0.3 is 0 Å². The van der Waals surface area contributed by atoms with Crippen molar-refractivity contribution < 1.29 is 4.92 Å². The van der Waals surface area contributed by atoms with Gasteiger partial charge in [-0.05, 0) is 29.7 Å². The Morgan fingerprint density at radius 1 is 1.47 bits per heavy atom. The van der Waals surface area contributed by atoms with Crippen LogP contribution >= 0.6 is 23.4 Å². The third-order valence-corrected chi connectivity index (χ3v) is 3.70. The molecule has 0 heterocycles. The minimum Gasteiger partial charge on any atom is -0.258 e. The predicted octanol–water partition coefficient (Wildman–Crippen LogP) is 4.53. The van der Waals surface area contributed by atoms with Crippen LogP contribution in [0.1, 0.15) is 25.8 Å². The number of nitrogens with zero attached hydrogens (tertiary/aromatic N) is 1. The van der Waals surface area contributed by atoms with E-state index in [-0.39, 0.29) is 10.7 Å². The summed E-state index contributed by atoms with van der Waals surface area (Å²) in [6, 6.07) is 5.00. The van der Waals surface area contributed by atoms with E-state index in [0.29, 0.717) is 5.92 Å². The summed E-state index contributed by atoms with van der Waals surface area (Å²) in [5.41, 5.74) is 0.948. The van der Waals surface area contributed by atoms with Gasteiger partial charge in [-0.15, -0.1) is 0 Å². The van der Waals surface area contributed by atoms with E-state index in [2.05, 4.69) is 13.8 Å². The molecule has 0 spiro atoms. The molecule has 0 N–H and O–H groups in total. The maximum Gasteiger partial charge on any atom is 0.288 e. The Balaban J connectivity index is 2.54. The Kier molecular flexibility index (Phi) is 5.78. The zero-order valence-electron chi connectivity index (χ0n) is 9.98. The van der Waals surface area contributed by atoms with Crippen molar-refractivity contribution in [2.24, 2.45) is 5.92 Å². The molecule has 1 aromatic carbocycles. The van der Waals surface area contributed by atoms with E-state index in [1.807, 2.05) is 6.07 Å². The highest BCUT2D eigenvalue weighted by Gasteiger charge is 2.12. The topological polar surface area (TPSA) is 43.1 Å². The molecule has 0 aliphatic heterocycles. The fraction of sp³-hybridized carbons (Fsp3) is 0.500. The zero-order chi connectivity index (χ0) is 12.8. The molecule has 0 atom stereocenters. The average molecular weight is 274 g/mol. The Morgan fingerprint density at radius 2 is 2.18 bits per heavy atom. The molecule has 0 fully saturated rings. The van der Waals surface area contributed by atoms with E-state index in [0.717, 1.165) is 17.1 Å². The van der Waals surface area contributed by atoms with E-state index in [1.54, 1.807) is 23.9 Å². The van der Waals surface area contributed by atoms with Crippen LogP contribution in [0.4, 0.5) is 5.69 Å². The van der Waals surface area contributed by atoms with Gasteiger partial charge in [0.1, 0.15) is 5.02 Å². The average Bonchev–Trinajstić information content (AvgIpc) is 2.25. The molecule has 0 aliphatic rings. The highest BCUT2D eigenvalue weighted by Crippen LogP contribution is 2.27. The van der Waals surface area contributed by atoms with E-state index in [4.69, 9.17) is 11.6 Å². The molecule has 17 heavy (non-hydrogen) atoms. The molecule has 94 valence electrons. The number of nitro groups is 1. The number of nitro benzene ring substituents is 1. The number of benzene rings is 1. The predicted molar refractivity (Wildman–Crippen MR) is 73.7 cm³/mol. The third-order valence-electron chi connectivity index (χ3n) is 2.32.